The Hall–Kier alpha value is -2.29. The molecule has 2 aromatic carbocycles. The van der Waals surface area contributed by atoms with Gasteiger partial charge in [-0.05, 0) is 43.7 Å². The van der Waals surface area contributed by atoms with Gasteiger partial charge in [0.1, 0.15) is 11.5 Å². The maximum absolute atomic E-state index is 11.2. The monoisotopic (exact) mass is 241 g/mol. The second-order valence-electron chi connectivity index (χ2n) is 4.26. The van der Waals surface area contributed by atoms with E-state index in [9.17, 15) is 4.79 Å². The number of carbonyl (C=O) groups is 1. The van der Waals surface area contributed by atoms with Crippen LogP contribution in [0.4, 0.5) is 0 Å². The number of aryl methyl sites for hydroxylation is 2. The van der Waals surface area contributed by atoms with Crippen LogP contribution in [0.15, 0.2) is 42.5 Å². The fourth-order valence-electron chi connectivity index (χ4n) is 1.67. The van der Waals surface area contributed by atoms with Crippen molar-refractivity contribution in [3.8, 4) is 11.5 Å². The van der Waals surface area contributed by atoms with Crippen LogP contribution in [0.2, 0.25) is 0 Å². The molecule has 0 bridgehead atoms. The summed E-state index contributed by atoms with van der Waals surface area (Å²) in [6, 6.07) is 13.0. The molecule has 18 heavy (non-hydrogen) atoms. The van der Waals surface area contributed by atoms with Crippen molar-refractivity contribution in [1.29, 1.82) is 0 Å². The fraction of sp³-hybridized carbons (Fsp3) is 0.133. The van der Waals surface area contributed by atoms with Crippen LogP contribution < -0.4 is 10.5 Å². The molecule has 0 aromatic heterocycles. The Kier molecular flexibility index (Phi) is 3.33. The van der Waals surface area contributed by atoms with E-state index in [4.69, 9.17) is 10.5 Å². The lowest BCUT2D eigenvalue weighted by Crippen LogP contribution is -2.12. The van der Waals surface area contributed by atoms with Crippen molar-refractivity contribution in [3.05, 3.63) is 59.2 Å². The highest BCUT2D eigenvalue weighted by atomic mass is 16.5. The van der Waals surface area contributed by atoms with Crippen molar-refractivity contribution in [3.63, 3.8) is 0 Å². The van der Waals surface area contributed by atoms with E-state index in [2.05, 4.69) is 0 Å². The van der Waals surface area contributed by atoms with Crippen molar-refractivity contribution < 1.29 is 9.53 Å². The Morgan fingerprint density at radius 2 is 1.61 bits per heavy atom. The lowest BCUT2D eigenvalue weighted by Gasteiger charge is -2.08. The van der Waals surface area contributed by atoms with E-state index in [0.29, 0.717) is 11.3 Å². The maximum atomic E-state index is 11.2. The maximum Gasteiger partial charge on any atom is 0.249 e. The summed E-state index contributed by atoms with van der Waals surface area (Å²) in [7, 11) is 0. The lowest BCUT2D eigenvalue weighted by atomic mass is 10.1. The number of carbonyl (C=O) groups excluding carboxylic acids is 1. The van der Waals surface area contributed by atoms with Crippen molar-refractivity contribution in [2.24, 2.45) is 5.73 Å². The zero-order valence-electron chi connectivity index (χ0n) is 10.4. The summed E-state index contributed by atoms with van der Waals surface area (Å²) in [4.78, 5) is 11.2. The first-order valence-corrected chi connectivity index (χ1v) is 5.71. The first kappa shape index (κ1) is 12.2. The quantitative estimate of drug-likeness (QED) is 0.897. The van der Waals surface area contributed by atoms with Crippen molar-refractivity contribution in [2.75, 3.05) is 0 Å². The molecule has 1 amide bonds. The van der Waals surface area contributed by atoms with Gasteiger partial charge in [0.05, 0.1) is 0 Å². The minimum Gasteiger partial charge on any atom is -0.457 e. The average molecular weight is 241 g/mol. The third kappa shape index (κ3) is 2.69. The molecule has 3 nitrogen and oxygen atoms in total. The van der Waals surface area contributed by atoms with E-state index in [1.807, 2.05) is 50.2 Å². The molecule has 92 valence electrons. The zero-order chi connectivity index (χ0) is 13.1. The molecular formula is C15H15NO2. The summed E-state index contributed by atoms with van der Waals surface area (Å²) in [5, 5.41) is 0. The Bertz CT molecular complexity index is 574. The predicted octanol–water partition coefficient (Wildman–Crippen LogP) is 3.19. The van der Waals surface area contributed by atoms with Gasteiger partial charge < -0.3 is 10.5 Å². The molecule has 0 unspecified atom stereocenters. The van der Waals surface area contributed by atoms with Gasteiger partial charge in [-0.25, -0.2) is 0 Å². The van der Waals surface area contributed by atoms with Gasteiger partial charge in [-0.3, -0.25) is 4.79 Å². The summed E-state index contributed by atoms with van der Waals surface area (Å²) in [5.74, 6) is 0.903. The average Bonchev–Trinajstić information content (AvgIpc) is 2.34. The molecule has 2 aromatic rings. The van der Waals surface area contributed by atoms with Crippen LogP contribution in [0.5, 0.6) is 11.5 Å². The van der Waals surface area contributed by atoms with Crippen molar-refractivity contribution in [1.82, 2.24) is 0 Å². The van der Waals surface area contributed by atoms with E-state index in [0.717, 1.165) is 11.3 Å². The van der Waals surface area contributed by atoms with Crippen LogP contribution in [0.1, 0.15) is 21.5 Å². The standard InChI is InChI=1S/C15H15NO2/c1-10-3-6-12(7-4-10)18-13-8-5-11(2)14(9-13)15(16)17/h3-9H,1-2H3,(H2,16,17). The van der Waals surface area contributed by atoms with Crippen LogP contribution in [-0.2, 0) is 0 Å². The van der Waals surface area contributed by atoms with E-state index in [1.165, 1.54) is 5.56 Å². The van der Waals surface area contributed by atoms with Gasteiger partial charge in [-0.1, -0.05) is 23.8 Å². The molecule has 0 heterocycles. The summed E-state index contributed by atoms with van der Waals surface area (Å²) in [6.07, 6.45) is 0. The minimum atomic E-state index is -0.443. The highest BCUT2D eigenvalue weighted by Gasteiger charge is 2.07. The second kappa shape index (κ2) is 4.92. The number of hydrogen-bond donors (Lipinski definition) is 1. The molecule has 0 radical (unpaired) electrons. The second-order valence-corrected chi connectivity index (χ2v) is 4.26. The number of primary amides is 1. The first-order chi connectivity index (χ1) is 8.56. The molecule has 0 spiro atoms. The van der Waals surface area contributed by atoms with Crippen LogP contribution in [0.3, 0.4) is 0 Å². The van der Waals surface area contributed by atoms with E-state index >= 15 is 0 Å². The molecule has 0 aliphatic heterocycles. The lowest BCUT2D eigenvalue weighted by molar-refractivity contribution is 0.0999. The minimum absolute atomic E-state index is 0.443. The van der Waals surface area contributed by atoms with Crippen LogP contribution in [0.25, 0.3) is 0 Å². The molecule has 3 heteroatoms. The van der Waals surface area contributed by atoms with Gasteiger partial charge in [0.2, 0.25) is 5.91 Å². The van der Waals surface area contributed by atoms with Crippen molar-refractivity contribution in [2.45, 2.75) is 13.8 Å². The molecule has 0 fully saturated rings. The topological polar surface area (TPSA) is 52.3 Å². The van der Waals surface area contributed by atoms with Crippen LogP contribution in [0, 0.1) is 13.8 Å². The highest BCUT2D eigenvalue weighted by Crippen LogP contribution is 2.24. The molecule has 0 aliphatic rings. The molecule has 0 atom stereocenters. The largest absolute Gasteiger partial charge is 0.457 e. The first-order valence-electron chi connectivity index (χ1n) is 5.71. The molecule has 0 saturated heterocycles. The number of benzene rings is 2. The highest BCUT2D eigenvalue weighted by molar-refractivity contribution is 5.94. The molecule has 0 aliphatic carbocycles. The third-order valence-electron chi connectivity index (χ3n) is 2.73. The van der Waals surface area contributed by atoms with Gasteiger partial charge in [-0.15, -0.1) is 0 Å². The van der Waals surface area contributed by atoms with E-state index in [1.54, 1.807) is 6.07 Å². The SMILES string of the molecule is Cc1ccc(Oc2ccc(C)c(C(N)=O)c2)cc1. The molecule has 2 N–H and O–H groups in total. The zero-order valence-corrected chi connectivity index (χ0v) is 10.4. The van der Waals surface area contributed by atoms with Gasteiger partial charge >= 0.3 is 0 Å². The number of rotatable bonds is 3. The molecule has 2 rings (SSSR count). The van der Waals surface area contributed by atoms with Crippen LogP contribution >= 0.6 is 0 Å². The molecule has 0 saturated carbocycles. The Morgan fingerprint density at radius 1 is 1.00 bits per heavy atom. The van der Waals surface area contributed by atoms with Gasteiger partial charge in [0, 0.05) is 5.56 Å². The number of amides is 1. The van der Waals surface area contributed by atoms with Gasteiger partial charge in [0.25, 0.3) is 0 Å². The van der Waals surface area contributed by atoms with E-state index in [-0.39, 0.29) is 0 Å². The van der Waals surface area contributed by atoms with Gasteiger partial charge in [0.15, 0.2) is 0 Å². The van der Waals surface area contributed by atoms with Gasteiger partial charge in [-0.2, -0.15) is 0 Å². The number of hydrogen-bond acceptors (Lipinski definition) is 2. The van der Waals surface area contributed by atoms with Crippen LogP contribution in [-0.4, -0.2) is 5.91 Å². The predicted molar refractivity (Wildman–Crippen MR) is 70.9 cm³/mol. The number of ether oxygens (including phenoxy) is 1. The summed E-state index contributed by atoms with van der Waals surface area (Å²) in [6.45, 7) is 3.86. The number of nitrogens with two attached hydrogens (primary N) is 1. The summed E-state index contributed by atoms with van der Waals surface area (Å²) >= 11 is 0. The Labute approximate surface area is 106 Å². The fourth-order valence-corrected chi connectivity index (χ4v) is 1.67. The summed E-state index contributed by atoms with van der Waals surface area (Å²) < 4.78 is 5.67. The molecular weight excluding hydrogens is 226 g/mol. The van der Waals surface area contributed by atoms with Crippen molar-refractivity contribution >= 4 is 5.91 Å². The van der Waals surface area contributed by atoms with E-state index < -0.39 is 5.91 Å². The Morgan fingerprint density at radius 3 is 2.22 bits per heavy atom. The Balaban J connectivity index is 2.27. The third-order valence-corrected chi connectivity index (χ3v) is 2.73. The summed E-state index contributed by atoms with van der Waals surface area (Å²) in [5.41, 5.74) is 7.80. The normalized spacial score (nSPS) is 10.1. The smallest absolute Gasteiger partial charge is 0.249 e.